The highest BCUT2D eigenvalue weighted by atomic mass is 35.5. The number of pyridine rings is 1. The number of carbonyl (C=O) groups is 1. The standard InChI is InChI=1S/C11H9ClN2OS/c12-9-4-1-5-13-11(9)14-10(15)7-8-3-2-6-16-8/h1-6H,7H2,(H,13,14,15). The van der Waals surface area contributed by atoms with E-state index in [9.17, 15) is 4.79 Å². The molecular formula is C11H9ClN2OS. The number of amides is 1. The van der Waals surface area contributed by atoms with Crippen LogP contribution in [0.5, 0.6) is 0 Å². The molecule has 0 atom stereocenters. The summed E-state index contributed by atoms with van der Waals surface area (Å²) in [5.74, 6) is 0.300. The summed E-state index contributed by atoms with van der Waals surface area (Å²) in [5.41, 5.74) is 0. The minimum Gasteiger partial charge on any atom is -0.309 e. The molecule has 0 aliphatic rings. The molecule has 0 unspecified atom stereocenters. The van der Waals surface area contributed by atoms with E-state index in [0.717, 1.165) is 4.88 Å². The molecule has 1 amide bonds. The minimum atomic E-state index is -0.108. The van der Waals surface area contributed by atoms with Gasteiger partial charge in [-0.25, -0.2) is 4.98 Å². The molecule has 5 heteroatoms. The molecule has 0 spiro atoms. The normalized spacial score (nSPS) is 10.1. The van der Waals surface area contributed by atoms with Crippen molar-refractivity contribution in [1.82, 2.24) is 4.98 Å². The lowest BCUT2D eigenvalue weighted by Gasteiger charge is -2.04. The van der Waals surface area contributed by atoms with E-state index < -0.39 is 0 Å². The quantitative estimate of drug-likeness (QED) is 0.913. The zero-order valence-electron chi connectivity index (χ0n) is 8.31. The van der Waals surface area contributed by atoms with Crippen LogP contribution >= 0.6 is 22.9 Å². The van der Waals surface area contributed by atoms with E-state index in [1.54, 1.807) is 29.7 Å². The zero-order valence-corrected chi connectivity index (χ0v) is 9.89. The molecule has 2 aromatic rings. The first kappa shape index (κ1) is 11.1. The van der Waals surface area contributed by atoms with Gasteiger partial charge in [-0.15, -0.1) is 11.3 Å². The van der Waals surface area contributed by atoms with Crippen molar-refractivity contribution < 1.29 is 4.79 Å². The van der Waals surface area contributed by atoms with Crippen LogP contribution in [0.3, 0.4) is 0 Å². The lowest BCUT2D eigenvalue weighted by atomic mass is 10.3. The van der Waals surface area contributed by atoms with Crippen LogP contribution in [-0.2, 0) is 11.2 Å². The van der Waals surface area contributed by atoms with Crippen LogP contribution < -0.4 is 5.32 Å². The second kappa shape index (κ2) is 5.09. The first-order chi connectivity index (χ1) is 7.75. The molecule has 0 saturated carbocycles. The Labute approximate surface area is 102 Å². The molecule has 0 fully saturated rings. The molecule has 2 rings (SSSR count). The van der Waals surface area contributed by atoms with Crippen molar-refractivity contribution in [1.29, 1.82) is 0 Å². The summed E-state index contributed by atoms with van der Waals surface area (Å²) in [6.07, 6.45) is 1.94. The highest BCUT2D eigenvalue weighted by Gasteiger charge is 2.07. The Balaban J connectivity index is 2.00. The maximum absolute atomic E-state index is 11.6. The van der Waals surface area contributed by atoms with Crippen molar-refractivity contribution >= 4 is 34.7 Å². The molecule has 82 valence electrons. The molecule has 0 saturated heterocycles. The van der Waals surface area contributed by atoms with Crippen LogP contribution in [0.25, 0.3) is 0 Å². The van der Waals surface area contributed by atoms with Crippen molar-refractivity contribution in [3.8, 4) is 0 Å². The Morgan fingerprint density at radius 3 is 3.00 bits per heavy atom. The first-order valence-corrected chi connectivity index (χ1v) is 5.94. The first-order valence-electron chi connectivity index (χ1n) is 4.68. The van der Waals surface area contributed by atoms with Crippen LogP contribution in [0.2, 0.25) is 5.02 Å². The molecule has 1 N–H and O–H groups in total. The summed E-state index contributed by atoms with van der Waals surface area (Å²) in [7, 11) is 0. The SMILES string of the molecule is O=C(Cc1cccs1)Nc1ncccc1Cl. The lowest BCUT2D eigenvalue weighted by molar-refractivity contribution is -0.115. The number of hydrogen-bond acceptors (Lipinski definition) is 3. The predicted molar refractivity (Wildman–Crippen MR) is 65.9 cm³/mol. The number of thiophene rings is 1. The molecule has 3 nitrogen and oxygen atoms in total. The summed E-state index contributed by atoms with van der Waals surface area (Å²) in [4.78, 5) is 16.6. The van der Waals surface area contributed by atoms with Gasteiger partial charge in [0.2, 0.25) is 5.91 Å². The molecule has 2 heterocycles. The fourth-order valence-electron chi connectivity index (χ4n) is 1.23. The number of aromatic nitrogens is 1. The molecule has 0 aliphatic carbocycles. The van der Waals surface area contributed by atoms with Crippen molar-refractivity contribution in [2.24, 2.45) is 0 Å². The number of nitrogens with one attached hydrogen (secondary N) is 1. The average molecular weight is 253 g/mol. The van der Waals surface area contributed by atoms with E-state index in [2.05, 4.69) is 10.3 Å². The Morgan fingerprint density at radius 2 is 2.31 bits per heavy atom. The van der Waals surface area contributed by atoms with Gasteiger partial charge in [-0.3, -0.25) is 4.79 Å². The third kappa shape index (κ3) is 2.81. The lowest BCUT2D eigenvalue weighted by Crippen LogP contribution is -2.14. The van der Waals surface area contributed by atoms with Gasteiger partial charge >= 0.3 is 0 Å². The van der Waals surface area contributed by atoms with Gasteiger partial charge in [0.05, 0.1) is 11.4 Å². The number of nitrogens with zero attached hydrogens (tertiary/aromatic N) is 1. The maximum atomic E-state index is 11.6. The van der Waals surface area contributed by atoms with Crippen LogP contribution in [0.1, 0.15) is 4.88 Å². The van der Waals surface area contributed by atoms with E-state index in [-0.39, 0.29) is 5.91 Å². The molecular weight excluding hydrogens is 244 g/mol. The van der Waals surface area contributed by atoms with Gasteiger partial charge in [-0.2, -0.15) is 0 Å². The Bertz CT molecular complexity index is 484. The van der Waals surface area contributed by atoms with E-state index in [4.69, 9.17) is 11.6 Å². The van der Waals surface area contributed by atoms with Crippen LogP contribution in [0, 0.1) is 0 Å². The monoisotopic (exact) mass is 252 g/mol. The minimum absolute atomic E-state index is 0.108. The third-order valence-corrected chi connectivity index (χ3v) is 3.11. The number of hydrogen-bond donors (Lipinski definition) is 1. The second-order valence-electron chi connectivity index (χ2n) is 3.14. The molecule has 0 aliphatic heterocycles. The summed E-state index contributed by atoms with van der Waals surface area (Å²) in [6, 6.07) is 7.25. The van der Waals surface area contributed by atoms with Crippen LogP contribution in [0.4, 0.5) is 5.82 Å². The van der Waals surface area contributed by atoms with Crippen molar-refractivity contribution in [2.75, 3.05) is 5.32 Å². The van der Waals surface area contributed by atoms with Gasteiger partial charge < -0.3 is 5.32 Å². The van der Waals surface area contributed by atoms with Gasteiger partial charge in [-0.1, -0.05) is 17.7 Å². The number of carbonyl (C=O) groups excluding carboxylic acids is 1. The summed E-state index contributed by atoms with van der Waals surface area (Å²) >= 11 is 7.43. The van der Waals surface area contributed by atoms with E-state index in [0.29, 0.717) is 17.3 Å². The third-order valence-electron chi connectivity index (χ3n) is 1.93. The predicted octanol–water partition coefficient (Wildman–Crippen LogP) is 2.98. The number of halogens is 1. The van der Waals surface area contributed by atoms with Crippen molar-refractivity contribution in [3.63, 3.8) is 0 Å². The van der Waals surface area contributed by atoms with E-state index >= 15 is 0 Å². The fraction of sp³-hybridized carbons (Fsp3) is 0.0909. The zero-order chi connectivity index (χ0) is 11.4. The van der Waals surface area contributed by atoms with E-state index in [1.165, 1.54) is 0 Å². The topological polar surface area (TPSA) is 42.0 Å². The van der Waals surface area contributed by atoms with Crippen molar-refractivity contribution in [2.45, 2.75) is 6.42 Å². The number of rotatable bonds is 3. The number of anilines is 1. The van der Waals surface area contributed by atoms with Crippen LogP contribution in [0.15, 0.2) is 35.8 Å². The Hall–Kier alpha value is -1.39. The van der Waals surface area contributed by atoms with Gasteiger partial charge in [0.1, 0.15) is 0 Å². The molecule has 0 bridgehead atoms. The van der Waals surface area contributed by atoms with Gasteiger partial charge in [0.25, 0.3) is 0 Å². The van der Waals surface area contributed by atoms with E-state index in [1.807, 2.05) is 17.5 Å². The Kier molecular flexibility index (Phi) is 3.54. The Morgan fingerprint density at radius 1 is 1.44 bits per heavy atom. The van der Waals surface area contributed by atoms with Crippen LogP contribution in [-0.4, -0.2) is 10.9 Å². The smallest absolute Gasteiger partial charge is 0.230 e. The summed E-state index contributed by atoms with van der Waals surface area (Å²) in [6.45, 7) is 0. The maximum Gasteiger partial charge on any atom is 0.230 e. The van der Waals surface area contributed by atoms with Gasteiger partial charge in [-0.05, 0) is 23.6 Å². The highest BCUT2D eigenvalue weighted by Crippen LogP contribution is 2.18. The van der Waals surface area contributed by atoms with Gasteiger partial charge in [0, 0.05) is 11.1 Å². The molecule has 2 aromatic heterocycles. The highest BCUT2D eigenvalue weighted by molar-refractivity contribution is 7.10. The average Bonchev–Trinajstić information content (AvgIpc) is 2.74. The molecule has 0 radical (unpaired) electrons. The summed E-state index contributed by atoms with van der Waals surface area (Å²) < 4.78 is 0. The fourth-order valence-corrected chi connectivity index (χ4v) is 2.10. The largest absolute Gasteiger partial charge is 0.309 e. The van der Waals surface area contributed by atoms with Crippen molar-refractivity contribution in [3.05, 3.63) is 45.7 Å². The second-order valence-corrected chi connectivity index (χ2v) is 4.58. The summed E-state index contributed by atoms with van der Waals surface area (Å²) in [5, 5.41) is 5.06. The molecule has 16 heavy (non-hydrogen) atoms. The van der Waals surface area contributed by atoms with Gasteiger partial charge in [0.15, 0.2) is 5.82 Å². The molecule has 0 aromatic carbocycles.